The average molecular weight is 258 g/mol. The van der Waals surface area contributed by atoms with E-state index in [9.17, 15) is 0 Å². The minimum atomic E-state index is 0.0253. The number of benzene rings is 1. The van der Waals surface area contributed by atoms with E-state index in [2.05, 4.69) is 15.1 Å². The van der Waals surface area contributed by atoms with Crippen molar-refractivity contribution in [3.05, 3.63) is 41.5 Å². The zero-order valence-corrected chi connectivity index (χ0v) is 10.2. The van der Waals surface area contributed by atoms with Crippen molar-refractivity contribution in [1.82, 2.24) is 9.97 Å². The van der Waals surface area contributed by atoms with Gasteiger partial charge in [-0.1, -0.05) is 35.5 Å². The minimum Gasteiger partial charge on any atom is -0.391 e. The predicted octanol–water partition coefficient (Wildman–Crippen LogP) is 0.774. The van der Waals surface area contributed by atoms with Crippen molar-refractivity contribution in [2.45, 2.75) is 6.61 Å². The first kappa shape index (κ1) is 12.6. The predicted molar refractivity (Wildman–Crippen MR) is 74.1 cm³/mol. The highest BCUT2D eigenvalue weighted by Crippen LogP contribution is 2.14. The summed E-state index contributed by atoms with van der Waals surface area (Å²) in [6, 6.07) is 9.65. The fourth-order valence-electron chi connectivity index (χ4n) is 1.43. The number of hydrogen-bond acceptors (Lipinski definition) is 7. The van der Waals surface area contributed by atoms with Crippen LogP contribution in [0.3, 0.4) is 0 Å². The fraction of sp³-hybridized carbons (Fsp3) is 0.0833. The molecule has 19 heavy (non-hydrogen) atoms. The molecule has 0 saturated heterocycles. The topological polar surface area (TPSA) is 125 Å². The molecule has 2 aromatic rings. The summed E-state index contributed by atoms with van der Waals surface area (Å²) in [4.78, 5) is 12.7. The van der Waals surface area contributed by atoms with E-state index < -0.39 is 0 Å². The lowest BCUT2D eigenvalue weighted by atomic mass is 10.2. The molecule has 98 valence electrons. The van der Waals surface area contributed by atoms with Crippen molar-refractivity contribution >= 4 is 23.8 Å². The van der Waals surface area contributed by atoms with Crippen molar-refractivity contribution < 1.29 is 4.84 Å². The zero-order chi connectivity index (χ0) is 13.7. The molecule has 1 heterocycles. The minimum absolute atomic E-state index is 0.0253. The largest absolute Gasteiger partial charge is 0.391 e. The summed E-state index contributed by atoms with van der Waals surface area (Å²) in [6.07, 6.45) is 1.37. The van der Waals surface area contributed by atoms with Crippen LogP contribution in [0, 0.1) is 0 Å². The smallest absolute Gasteiger partial charge is 0.223 e. The van der Waals surface area contributed by atoms with Crippen molar-refractivity contribution in [3.8, 4) is 0 Å². The quantitative estimate of drug-likeness (QED) is 0.549. The van der Waals surface area contributed by atoms with E-state index in [4.69, 9.17) is 22.0 Å². The lowest BCUT2D eigenvalue weighted by molar-refractivity contribution is 0.132. The van der Waals surface area contributed by atoms with Crippen LogP contribution in [-0.4, -0.2) is 16.2 Å². The molecular weight excluding hydrogens is 244 g/mol. The summed E-state index contributed by atoms with van der Waals surface area (Å²) in [7, 11) is 0. The van der Waals surface area contributed by atoms with Crippen LogP contribution in [0.2, 0.25) is 0 Å². The van der Waals surface area contributed by atoms with Gasteiger partial charge in [0.05, 0.1) is 11.8 Å². The van der Waals surface area contributed by atoms with Gasteiger partial charge in [-0.05, 0) is 5.56 Å². The highest BCUT2D eigenvalue weighted by molar-refractivity contribution is 5.91. The Balaban J connectivity index is 2.00. The number of hydrogen-bond donors (Lipinski definition) is 3. The number of anilines is 3. The normalized spacial score (nSPS) is 10.7. The first-order valence-electron chi connectivity index (χ1n) is 5.54. The molecule has 7 nitrogen and oxygen atoms in total. The fourth-order valence-corrected chi connectivity index (χ4v) is 1.43. The highest BCUT2D eigenvalue weighted by atomic mass is 16.6. The van der Waals surface area contributed by atoms with Gasteiger partial charge in [0.1, 0.15) is 18.2 Å². The second-order valence-electron chi connectivity index (χ2n) is 3.76. The molecule has 0 fully saturated rings. The van der Waals surface area contributed by atoms with Gasteiger partial charge in [0.2, 0.25) is 5.95 Å². The van der Waals surface area contributed by atoms with E-state index in [0.29, 0.717) is 12.2 Å². The molecule has 0 unspecified atom stereocenters. The average Bonchev–Trinajstić information content (AvgIpc) is 2.38. The number of rotatable bonds is 4. The molecule has 0 bridgehead atoms. The number of oxime groups is 1. The van der Waals surface area contributed by atoms with Gasteiger partial charge in [-0.2, -0.15) is 9.97 Å². The third-order valence-electron chi connectivity index (χ3n) is 2.35. The molecule has 0 spiro atoms. The molecule has 0 saturated carbocycles. The molecule has 0 radical (unpaired) electrons. The first-order chi connectivity index (χ1) is 9.16. The van der Waals surface area contributed by atoms with Crippen LogP contribution >= 0.6 is 0 Å². The monoisotopic (exact) mass is 258 g/mol. The van der Waals surface area contributed by atoms with Crippen LogP contribution in [0.25, 0.3) is 0 Å². The van der Waals surface area contributed by atoms with Gasteiger partial charge >= 0.3 is 0 Å². The number of aromatic nitrogens is 2. The van der Waals surface area contributed by atoms with Crippen LogP contribution in [0.15, 0.2) is 35.5 Å². The van der Waals surface area contributed by atoms with E-state index in [1.165, 1.54) is 6.21 Å². The maximum atomic E-state index is 5.66. The molecule has 0 aliphatic carbocycles. The van der Waals surface area contributed by atoms with Crippen LogP contribution < -0.4 is 17.2 Å². The molecule has 0 atom stereocenters. The summed E-state index contributed by atoms with van der Waals surface area (Å²) in [5, 5.41) is 3.78. The number of nitrogens with two attached hydrogens (primary N) is 3. The van der Waals surface area contributed by atoms with E-state index in [-0.39, 0.29) is 17.6 Å². The standard InChI is InChI=1S/C12H14N6O/c13-10-9(11(14)18-12(15)17-10)6-16-19-7-8-4-2-1-3-5-8/h1-6H,7H2,(H6,13,14,15,17,18)/b16-6+. The lowest BCUT2D eigenvalue weighted by Crippen LogP contribution is -2.08. The molecular formula is C12H14N6O. The second kappa shape index (κ2) is 5.67. The molecule has 1 aromatic heterocycles. The molecule has 1 aromatic carbocycles. The first-order valence-corrected chi connectivity index (χ1v) is 5.54. The molecule has 0 amide bonds. The van der Waals surface area contributed by atoms with Crippen molar-refractivity contribution in [2.24, 2.45) is 5.16 Å². The summed E-state index contributed by atoms with van der Waals surface area (Å²) >= 11 is 0. The van der Waals surface area contributed by atoms with Crippen molar-refractivity contribution in [2.75, 3.05) is 17.2 Å². The van der Waals surface area contributed by atoms with E-state index in [1.807, 2.05) is 30.3 Å². The van der Waals surface area contributed by atoms with Gasteiger partial charge < -0.3 is 22.0 Å². The van der Waals surface area contributed by atoms with Crippen LogP contribution in [-0.2, 0) is 11.4 Å². The van der Waals surface area contributed by atoms with Gasteiger partial charge in [0.25, 0.3) is 0 Å². The van der Waals surface area contributed by atoms with Crippen molar-refractivity contribution in [3.63, 3.8) is 0 Å². The molecule has 0 aliphatic heterocycles. The van der Waals surface area contributed by atoms with Crippen LogP contribution in [0.5, 0.6) is 0 Å². The van der Waals surface area contributed by atoms with Gasteiger partial charge in [-0.25, -0.2) is 0 Å². The van der Waals surface area contributed by atoms with Gasteiger partial charge in [0.15, 0.2) is 0 Å². The molecule has 7 heteroatoms. The van der Waals surface area contributed by atoms with Gasteiger partial charge in [-0.15, -0.1) is 0 Å². The summed E-state index contributed by atoms with van der Waals surface area (Å²) in [6.45, 7) is 0.354. The molecule has 6 N–H and O–H groups in total. The third-order valence-corrected chi connectivity index (χ3v) is 2.35. The van der Waals surface area contributed by atoms with E-state index >= 15 is 0 Å². The highest BCUT2D eigenvalue weighted by Gasteiger charge is 2.06. The van der Waals surface area contributed by atoms with E-state index in [1.54, 1.807) is 0 Å². The Morgan fingerprint density at radius 3 is 2.32 bits per heavy atom. The Morgan fingerprint density at radius 1 is 1.05 bits per heavy atom. The molecule has 2 rings (SSSR count). The summed E-state index contributed by atoms with van der Waals surface area (Å²) in [5.41, 5.74) is 18.1. The lowest BCUT2D eigenvalue weighted by Gasteiger charge is -2.03. The van der Waals surface area contributed by atoms with Gasteiger partial charge in [0, 0.05) is 0 Å². The SMILES string of the molecule is Nc1nc(N)c(/C=N/OCc2ccccc2)c(N)n1. The van der Waals surface area contributed by atoms with Crippen LogP contribution in [0.4, 0.5) is 17.6 Å². The number of nitrogens with zero attached hydrogens (tertiary/aromatic N) is 3. The Morgan fingerprint density at radius 2 is 1.68 bits per heavy atom. The van der Waals surface area contributed by atoms with E-state index in [0.717, 1.165) is 5.56 Å². The Hall–Kier alpha value is -2.83. The maximum absolute atomic E-state index is 5.66. The zero-order valence-electron chi connectivity index (χ0n) is 10.2. The van der Waals surface area contributed by atoms with Crippen molar-refractivity contribution in [1.29, 1.82) is 0 Å². The number of nitrogen functional groups attached to an aromatic ring is 3. The summed E-state index contributed by atoms with van der Waals surface area (Å²) < 4.78 is 0. The maximum Gasteiger partial charge on any atom is 0.223 e. The van der Waals surface area contributed by atoms with Gasteiger partial charge in [-0.3, -0.25) is 0 Å². The molecule has 0 aliphatic rings. The Bertz CT molecular complexity index is 561. The summed E-state index contributed by atoms with van der Waals surface area (Å²) in [5.74, 6) is 0.353. The Kier molecular flexibility index (Phi) is 3.77. The van der Waals surface area contributed by atoms with Crippen LogP contribution in [0.1, 0.15) is 11.1 Å². The Labute approximate surface area is 110 Å². The second-order valence-corrected chi connectivity index (χ2v) is 3.76. The third kappa shape index (κ3) is 3.32.